The van der Waals surface area contributed by atoms with Gasteiger partial charge >= 0.3 is 12.2 Å². The molecule has 4 aromatic rings. The van der Waals surface area contributed by atoms with E-state index in [1.165, 1.54) is 16.2 Å². The van der Waals surface area contributed by atoms with Crippen LogP contribution in [-0.4, -0.2) is 40.3 Å². The van der Waals surface area contributed by atoms with E-state index in [0.29, 0.717) is 34.2 Å². The summed E-state index contributed by atoms with van der Waals surface area (Å²) in [6.07, 6.45) is -1.37. The SMILES string of the molecule is Cc1ccc(-c2ccccc2C(=O)Nc2ccc(N(CCc3csc(NC(=O)OC(C)(C)C)n3)C(=O)O)cc2)cc1. The molecule has 212 valence electrons. The van der Waals surface area contributed by atoms with Gasteiger partial charge in [-0.1, -0.05) is 48.0 Å². The summed E-state index contributed by atoms with van der Waals surface area (Å²) in [5.74, 6) is -0.261. The van der Waals surface area contributed by atoms with Crippen molar-refractivity contribution in [3.63, 3.8) is 0 Å². The Labute approximate surface area is 242 Å². The lowest BCUT2D eigenvalue weighted by molar-refractivity contribution is 0.0635. The smallest absolute Gasteiger partial charge is 0.413 e. The number of carbonyl (C=O) groups excluding carboxylic acids is 2. The highest BCUT2D eigenvalue weighted by Gasteiger charge is 2.19. The largest absolute Gasteiger partial charge is 0.465 e. The number of aromatic nitrogens is 1. The Kier molecular flexibility index (Phi) is 9.04. The fraction of sp³-hybridized carbons (Fsp3) is 0.226. The standard InChI is InChI=1S/C31H32N4O5S/c1-20-9-11-21(12-10-20)25-7-5-6-8-26(25)27(36)32-22-13-15-24(16-14-22)35(30(38)39)18-17-23-19-41-28(33-23)34-29(37)40-31(2,3)4/h5-16,19H,17-18H2,1-4H3,(H,32,36)(H,38,39)(H,33,34,37). The zero-order chi connectivity index (χ0) is 29.6. The van der Waals surface area contributed by atoms with E-state index in [2.05, 4.69) is 15.6 Å². The maximum Gasteiger partial charge on any atom is 0.413 e. The molecule has 9 nitrogen and oxygen atoms in total. The number of benzene rings is 3. The molecule has 0 fully saturated rings. The first-order valence-corrected chi connectivity index (χ1v) is 13.9. The lowest BCUT2D eigenvalue weighted by Gasteiger charge is -2.19. The van der Waals surface area contributed by atoms with Crippen LogP contribution in [0.25, 0.3) is 11.1 Å². The van der Waals surface area contributed by atoms with Gasteiger partial charge in [-0.3, -0.25) is 15.0 Å². The highest BCUT2D eigenvalue weighted by molar-refractivity contribution is 7.13. The molecule has 0 unspecified atom stereocenters. The minimum atomic E-state index is -1.11. The molecule has 3 amide bonds. The number of rotatable bonds is 8. The van der Waals surface area contributed by atoms with Gasteiger partial charge in [-0.2, -0.15) is 0 Å². The summed E-state index contributed by atoms with van der Waals surface area (Å²) in [5, 5.41) is 17.5. The van der Waals surface area contributed by atoms with Gasteiger partial charge in [0.25, 0.3) is 5.91 Å². The zero-order valence-electron chi connectivity index (χ0n) is 23.3. The number of hydrogen-bond acceptors (Lipinski definition) is 6. The summed E-state index contributed by atoms with van der Waals surface area (Å²) in [6, 6.07) is 22.0. The van der Waals surface area contributed by atoms with E-state index in [0.717, 1.165) is 16.7 Å². The van der Waals surface area contributed by atoms with Gasteiger partial charge in [0.2, 0.25) is 0 Å². The van der Waals surface area contributed by atoms with Crippen molar-refractivity contribution in [2.45, 2.75) is 39.7 Å². The van der Waals surface area contributed by atoms with Crippen LogP contribution in [0.4, 0.5) is 26.1 Å². The average molecular weight is 573 g/mol. The highest BCUT2D eigenvalue weighted by Crippen LogP contribution is 2.26. The molecule has 41 heavy (non-hydrogen) atoms. The van der Waals surface area contributed by atoms with Crippen molar-refractivity contribution in [1.82, 2.24) is 4.98 Å². The maximum absolute atomic E-state index is 13.1. The number of carboxylic acid groups (broad SMARTS) is 1. The number of nitrogens with one attached hydrogen (secondary N) is 2. The van der Waals surface area contributed by atoms with Crippen LogP contribution in [0.15, 0.2) is 78.2 Å². The van der Waals surface area contributed by atoms with Crippen LogP contribution in [-0.2, 0) is 11.2 Å². The van der Waals surface area contributed by atoms with Crippen LogP contribution in [0.5, 0.6) is 0 Å². The van der Waals surface area contributed by atoms with E-state index in [9.17, 15) is 19.5 Å². The fourth-order valence-corrected chi connectivity index (χ4v) is 4.75. The molecular formula is C31H32N4O5S. The second-order valence-electron chi connectivity index (χ2n) is 10.4. The molecule has 0 saturated carbocycles. The average Bonchev–Trinajstić information content (AvgIpc) is 3.35. The number of nitrogens with zero attached hydrogens (tertiary/aromatic N) is 2. The molecule has 0 saturated heterocycles. The molecule has 3 aromatic carbocycles. The number of amides is 3. The minimum absolute atomic E-state index is 0.153. The molecule has 1 aromatic heterocycles. The summed E-state index contributed by atoms with van der Waals surface area (Å²) >= 11 is 1.24. The van der Waals surface area contributed by atoms with E-state index in [1.807, 2.05) is 49.4 Å². The van der Waals surface area contributed by atoms with Gasteiger partial charge in [0.15, 0.2) is 5.13 Å². The van der Waals surface area contributed by atoms with Crippen LogP contribution >= 0.6 is 11.3 Å². The third-order valence-electron chi connectivity index (χ3n) is 5.95. The van der Waals surface area contributed by atoms with E-state index >= 15 is 0 Å². The van der Waals surface area contributed by atoms with Gasteiger partial charge in [-0.05, 0) is 69.2 Å². The lowest BCUT2D eigenvalue weighted by atomic mass is 9.98. The van der Waals surface area contributed by atoms with Gasteiger partial charge in [-0.25, -0.2) is 14.6 Å². The van der Waals surface area contributed by atoms with Crippen molar-refractivity contribution >= 4 is 45.9 Å². The van der Waals surface area contributed by atoms with Crippen LogP contribution in [0, 0.1) is 6.92 Å². The summed E-state index contributed by atoms with van der Waals surface area (Å²) in [6.45, 7) is 7.48. The van der Waals surface area contributed by atoms with Gasteiger partial charge in [0.05, 0.1) is 5.69 Å². The maximum atomic E-state index is 13.1. The second-order valence-corrected chi connectivity index (χ2v) is 11.2. The van der Waals surface area contributed by atoms with Crippen molar-refractivity contribution < 1.29 is 24.2 Å². The number of aryl methyl sites for hydroxylation is 1. The van der Waals surface area contributed by atoms with Gasteiger partial charge in [-0.15, -0.1) is 11.3 Å². The number of ether oxygens (including phenoxy) is 1. The molecule has 0 spiro atoms. The van der Waals surface area contributed by atoms with Crippen molar-refractivity contribution in [3.05, 3.63) is 95.0 Å². The Balaban J connectivity index is 1.39. The summed E-state index contributed by atoms with van der Waals surface area (Å²) in [4.78, 5) is 42.7. The predicted molar refractivity (Wildman–Crippen MR) is 162 cm³/mol. The Morgan fingerprint density at radius 1 is 0.951 bits per heavy atom. The molecule has 0 atom stereocenters. The monoisotopic (exact) mass is 572 g/mol. The molecule has 10 heteroatoms. The summed E-state index contributed by atoms with van der Waals surface area (Å²) in [7, 11) is 0. The molecule has 0 aliphatic rings. The Bertz CT molecular complexity index is 1530. The lowest BCUT2D eigenvalue weighted by Crippen LogP contribution is -2.31. The van der Waals surface area contributed by atoms with Crippen molar-refractivity contribution in [2.24, 2.45) is 0 Å². The summed E-state index contributed by atoms with van der Waals surface area (Å²) < 4.78 is 5.23. The first-order valence-electron chi connectivity index (χ1n) is 13.0. The van der Waals surface area contributed by atoms with Crippen LogP contribution in [0.3, 0.4) is 0 Å². The quantitative estimate of drug-likeness (QED) is 0.202. The first kappa shape index (κ1) is 29.3. The molecule has 0 radical (unpaired) electrons. The van der Waals surface area contributed by atoms with Gasteiger partial charge in [0, 0.05) is 35.3 Å². The minimum Gasteiger partial charge on any atom is -0.465 e. The van der Waals surface area contributed by atoms with Crippen molar-refractivity contribution in [3.8, 4) is 11.1 Å². The van der Waals surface area contributed by atoms with Crippen molar-refractivity contribution in [1.29, 1.82) is 0 Å². The van der Waals surface area contributed by atoms with Crippen molar-refractivity contribution in [2.75, 3.05) is 22.1 Å². The number of carbonyl (C=O) groups is 3. The second kappa shape index (κ2) is 12.6. The molecule has 0 aliphatic carbocycles. The molecular weight excluding hydrogens is 540 g/mol. The van der Waals surface area contributed by atoms with Gasteiger partial charge in [0.1, 0.15) is 5.60 Å². The molecule has 4 rings (SSSR count). The Morgan fingerprint density at radius 3 is 2.29 bits per heavy atom. The van der Waals surface area contributed by atoms with Crippen LogP contribution in [0.2, 0.25) is 0 Å². The zero-order valence-corrected chi connectivity index (χ0v) is 24.1. The fourth-order valence-electron chi connectivity index (χ4n) is 4.02. The normalized spacial score (nSPS) is 11.0. The predicted octanol–water partition coefficient (Wildman–Crippen LogP) is 7.44. The molecule has 0 bridgehead atoms. The molecule has 1 heterocycles. The van der Waals surface area contributed by atoms with E-state index < -0.39 is 17.8 Å². The topological polar surface area (TPSA) is 121 Å². The number of hydrogen-bond donors (Lipinski definition) is 3. The van der Waals surface area contributed by atoms with E-state index in [1.54, 1.807) is 56.5 Å². The first-order chi connectivity index (χ1) is 19.5. The highest BCUT2D eigenvalue weighted by atomic mass is 32.1. The van der Waals surface area contributed by atoms with Crippen LogP contribution < -0.4 is 15.5 Å². The third kappa shape index (κ3) is 8.15. The Morgan fingerprint density at radius 2 is 1.63 bits per heavy atom. The molecule has 0 aliphatic heterocycles. The molecule has 3 N–H and O–H groups in total. The number of thiazole rings is 1. The summed E-state index contributed by atoms with van der Waals surface area (Å²) in [5.41, 5.74) is 4.46. The third-order valence-corrected chi connectivity index (χ3v) is 6.76. The van der Waals surface area contributed by atoms with Crippen LogP contribution in [0.1, 0.15) is 42.4 Å². The number of anilines is 3. The van der Waals surface area contributed by atoms with E-state index in [-0.39, 0.29) is 12.5 Å². The van der Waals surface area contributed by atoms with Gasteiger partial charge < -0.3 is 15.2 Å². The Hall–Kier alpha value is -4.70. The van der Waals surface area contributed by atoms with E-state index in [4.69, 9.17) is 4.74 Å².